The van der Waals surface area contributed by atoms with E-state index in [0.717, 1.165) is 23.8 Å². The Labute approximate surface area is 114 Å². The summed E-state index contributed by atoms with van der Waals surface area (Å²) in [7, 11) is 1.70. The number of alkyl halides is 2. The van der Waals surface area contributed by atoms with Gasteiger partial charge < -0.3 is 10.1 Å². The second-order valence-corrected chi connectivity index (χ2v) is 4.86. The van der Waals surface area contributed by atoms with Gasteiger partial charge in [0.25, 0.3) is 6.43 Å². The van der Waals surface area contributed by atoms with E-state index in [1.807, 2.05) is 0 Å². The Kier molecular flexibility index (Phi) is 3.47. The summed E-state index contributed by atoms with van der Waals surface area (Å²) in [5.74, 6) is 0.103. The van der Waals surface area contributed by atoms with E-state index < -0.39 is 12.2 Å². The van der Waals surface area contributed by atoms with E-state index >= 15 is 0 Å². The predicted octanol–water partition coefficient (Wildman–Crippen LogP) is 2.04. The zero-order valence-electron chi connectivity index (χ0n) is 11.0. The molecule has 0 bridgehead atoms. The maximum Gasteiger partial charge on any atom is 0.299 e. The first kappa shape index (κ1) is 13.2. The number of anilines is 1. The summed E-state index contributed by atoms with van der Waals surface area (Å²) in [6.07, 6.45) is 0.410. The van der Waals surface area contributed by atoms with Crippen molar-refractivity contribution in [3.05, 3.63) is 18.0 Å². The molecular weight excluding hydrogens is 268 g/mol. The Bertz CT molecular complexity index is 603. The fourth-order valence-electron chi connectivity index (χ4n) is 2.51. The van der Waals surface area contributed by atoms with Gasteiger partial charge in [-0.2, -0.15) is 4.52 Å². The Balaban J connectivity index is 1.80. The van der Waals surface area contributed by atoms with Gasteiger partial charge in [-0.25, -0.2) is 8.78 Å². The fraction of sp³-hybridized carbons (Fsp3) is 0.583. The van der Waals surface area contributed by atoms with Crippen LogP contribution in [-0.2, 0) is 4.74 Å². The van der Waals surface area contributed by atoms with E-state index in [4.69, 9.17) is 4.74 Å². The molecule has 6 nitrogen and oxygen atoms in total. The van der Waals surface area contributed by atoms with Gasteiger partial charge in [0.2, 0.25) is 5.82 Å². The number of aromatic nitrogens is 4. The van der Waals surface area contributed by atoms with Gasteiger partial charge in [0, 0.05) is 13.2 Å². The Morgan fingerprint density at radius 2 is 2.20 bits per heavy atom. The van der Waals surface area contributed by atoms with E-state index in [1.54, 1.807) is 19.2 Å². The summed E-state index contributed by atoms with van der Waals surface area (Å²) >= 11 is 0. The van der Waals surface area contributed by atoms with Crippen molar-refractivity contribution in [3.8, 4) is 0 Å². The molecular formula is C12H15F2N5O. The van der Waals surface area contributed by atoms with Gasteiger partial charge in [-0.3, -0.25) is 0 Å². The van der Waals surface area contributed by atoms with Crippen LogP contribution in [0.3, 0.4) is 0 Å². The first-order chi connectivity index (χ1) is 9.67. The van der Waals surface area contributed by atoms with Crippen LogP contribution in [0.25, 0.3) is 5.65 Å². The average molecular weight is 283 g/mol. The zero-order valence-corrected chi connectivity index (χ0v) is 11.0. The second kappa shape index (κ2) is 5.28. The summed E-state index contributed by atoms with van der Waals surface area (Å²) < 4.78 is 31.9. The topological polar surface area (TPSA) is 64.3 Å². The van der Waals surface area contributed by atoms with Crippen molar-refractivity contribution in [2.45, 2.75) is 37.8 Å². The van der Waals surface area contributed by atoms with E-state index in [0.29, 0.717) is 11.5 Å². The molecule has 2 unspecified atom stereocenters. The van der Waals surface area contributed by atoms with Crippen LogP contribution in [0.5, 0.6) is 0 Å². The third kappa shape index (κ3) is 2.43. The maximum absolute atomic E-state index is 12.8. The van der Waals surface area contributed by atoms with Crippen LogP contribution in [0, 0.1) is 0 Å². The molecule has 0 aliphatic heterocycles. The minimum Gasteiger partial charge on any atom is -0.381 e. The molecule has 0 saturated heterocycles. The van der Waals surface area contributed by atoms with Crippen LogP contribution in [0.2, 0.25) is 0 Å². The minimum absolute atomic E-state index is 0.247. The normalized spacial score (nSPS) is 22.8. The minimum atomic E-state index is -2.70. The highest BCUT2D eigenvalue weighted by atomic mass is 19.3. The molecule has 108 valence electrons. The average Bonchev–Trinajstić information content (AvgIpc) is 3.04. The molecule has 3 rings (SSSR count). The van der Waals surface area contributed by atoms with Gasteiger partial charge in [0.1, 0.15) is 5.82 Å². The largest absolute Gasteiger partial charge is 0.381 e. The fourth-order valence-corrected chi connectivity index (χ4v) is 2.51. The number of nitrogens with zero attached hydrogens (tertiary/aromatic N) is 4. The zero-order chi connectivity index (χ0) is 14.1. The summed E-state index contributed by atoms with van der Waals surface area (Å²) in [5.41, 5.74) is 0.312. The third-order valence-corrected chi connectivity index (χ3v) is 3.55. The first-order valence-corrected chi connectivity index (χ1v) is 6.47. The number of nitrogens with one attached hydrogen (secondary N) is 1. The van der Waals surface area contributed by atoms with Gasteiger partial charge >= 0.3 is 0 Å². The first-order valence-electron chi connectivity index (χ1n) is 6.47. The standard InChI is InChI=1S/C12H15F2N5O/c1-20-8-3-2-7(6-8)15-9-4-5-10-16-17-12(11(13)14)19(10)18-9/h4-5,7-8,11H,2-3,6H2,1H3,(H,15,18). The Hall–Kier alpha value is -1.83. The Morgan fingerprint density at radius 1 is 1.35 bits per heavy atom. The van der Waals surface area contributed by atoms with Crippen LogP contribution in [0.4, 0.5) is 14.6 Å². The predicted molar refractivity (Wildman–Crippen MR) is 67.8 cm³/mol. The second-order valence-electron chi connectivity index (χ2n) is 4.86. The molecule has 1 fully saturated rings. The van der Waals surface area contributed by atoms with Gasteiger partial charge in [-0.05, 0) is 31.4 Å². The molecule has 2 heterocycles. The van der Waals surface area contributed by atoms with Crippen molar-refractivity contribution in [2.75, 3.05) is 12.4 Å². The van der Waals surface area contributed by atoms with Gasteiger partial charge in [-0.15, -0.1) is 15.3 Å². The molecule has 1 aliphatic rings. The highest BCUT2D eigenvalue weighted by Gasteiger charge is 2.25. The SMILES string of the molecule is COC1CCC(Nc2ccc3nnc(C(F)F)n3n2)C1. The van der Waals surface area contributed by atoms with Crippen LogP contribution >= 0.6 is 0 Å². The van der Waals surface area contributed by atoms with Crippen molar-refractivity contribution in [3.63, 3.8) is 0 Å². The number of rotatable bonds is 4. The molecule has 8 heteroatoms. The molecule has 1 saturated carbocycles. The number of hydrogen-bond acceptors (Lipinski definition) is 5. The van der Waals surface area contributed by atoms with Crippen molar-refractivity contribution in [1.82, 2.24) is 19.8 Å². The lowest BCUT2D eigenvalue weighted by Gasteiger charge is -2.13. The highest BCUT2D eigenvalue weighted by molar-refractivity contribution is 5.44. The number of ether oxygens (including phenoxy) is 1. The van der Waals surface area contributed by atoms with Crippen molar-refractivity contribution >= 4 is 11.5 Å². The molecule has 1 aliphatic carbocycles. The van der Waals surface area contributed by atoms with Gasteiger partial charge in [0.05, 0.1) is 6.10 Å². The summed E-state index contributed by atoms with van der Waals surface area (Å²) in [6, 6.07) is 3.59. The molecule has 0 spiro atoms. The monoisotopic (exact) mass is 283 g/mol. The van der Waals surface area contributed by atoms with Crippen LogP contribution < -0.4 is 5.32 Å². The number of hydrogen-bond donors (Lipinski definition) is 1. The molecule has 2 atom stereocenters. The van der Waals surface area contributed by atoms with E-state index in [2.05, 4.69) is 20.6 Å². The van der Waals surface area contributed by atoms with Crippen LogP contribution in [0.15, 0.2) is 12.1 Å². The lowest BCUT2D eigenvalue weighted by atomic mass is 10.2. The molecule has 2 aromatic rings. The van der Waals surface area contributed by atoms with E-state index in [-0.39, 0.29) is 12.1 Å². The van der Waals surface area contributed by atoms with E-state index in [1.165, 1.54) is 0 Å². The maximum atomic E-state index is 12.8. The molecule has 20 heavy (non-hydrogen) atoms. The third-order valence-electron chi connectivity index (χ3n) is 3.55. The smallest absolute Gasteiger partial charge is 0.299 e. The van der Waals surface area contributed by atoms with Gasteiger partial charge in [-0.1, -0.05) is 0 Å². The lowest BCUT2D eigenvalue weighted by molar-refractivity contribution is 0.108. The van der Waals surface area contributed by atoms with Crippen molar-refractivity contribution < 1.29 is 13.5 Å². The molecule has 1 N–H and O–H groups in total. The Morgan fingerprint density at radius 3 is 2.90 bits per heavy atom. The number of methoxy groups -OCH3 is 1. The number of halogens is 2. The molecule has 0 amide bonds. The van der Waals surface area contributed by atoms with Crippen molar-refractivity contribution in [2.24, 2.45) is 0 Å². The molecule has 0 aromatic carbocycles. The van der Waals surface area contributed by atoms with Crippen LogP contribution in [-0.4, -0.2) is 39.1 Å². The van der Waals surface area contributed by atoms with Crippen LogP contribution in [0.1, 0.15) is 31.5 Å². The summed E-state index contributed by atoms with van der Waals surface area (Å²) in [5, 5.41) is 14.5. The summed E-state index contributed by atoms with van der Waals surface area (Å²) in [6.45, 7) is 0. The quantitative estimate of drug-likeness (QED) is 0.930. The summed E-state index contributed by atoms with van der Waals surface area (Å²) in [4.78, 5) is 0. The van der Waals surface area contributed by atoms with Crippen molar-refractivity contribution in [1.29, 1.82) is 0 Å². The van der Waals surface area contributed by atoms with E-state index in [9.17, 15) is 8.78 Å². The highest BCUT2D eigenvalue weighted by Crippen LogP contribution is 2.24. The number of fused-ring (bicyclic) bond motifs is 1. The molecule has 2 aromatic heterocycles. The molecule has 0 radical (unpaired) electrons. The van der Waals surface area contributed by atoms with Gasteiger partial charge in [0.15, 0.2) is 5.65 Å². The lowest BCUT2D eigenvalue weighted by Crippen LogP contribution is -2.18.